The van der Waals surface area contributed by atoms with Gasteiger partial charge in [-0.15, -0.1) is 0 Å². The number of ether oxygens (including phenoxy) is 3. The molecule has 0 aliphatic carbocycles. The standard InChI is InChI=1S/C23H27ClFNO5/c1-15(26(10-11-27)22(28)31-23(2,3)4)19-12-16(25)13-21(24)20(19)14-30-18-8-6-17(29-5)7-9-18/h6-9,11-13,15H,10,14H2,1-5H3/t15-/m0/s1. The van der Waals surface area contributed by atoms with Crippen LogP contribution in [0.4, 0.5) is 9.18 Å². The van der Waals surface area contributed by atoms with Crippen molar-refractivity contribution in [1.29, 1.82) is 0 Å². The second kappa shape index (κ2) is 10.5. The summed E-state index contributed by atoms with van der Waals surface area (Å²) >= 11 is 6.32. The molecule has 0 spiro atoms. The number of methoxy groups -OCH3 is 1. The molecule has 0 fully saturated rings. The third kappa shape index (κ3) is 6.85. The van der Waals surface area contributed by atoms with Crippen LogP contribution in [0.25, 0.3) is 0 Å². The quantitative estimate of drug-likeness (QED) is 0.491. The van der Waals surface area contributed by atoms with Crippen LogP contribution >= 0.6 is 11.6 Å². The van der Waals surface area contributed by atoms with E-state index in [-0.39, 0.29) is 18.2 Å². The van der Waals surface area contributed by atoms with Gasteiger partial charge >= 0.3 is 6.09 Å². The lowest BCUT2D eigenvalue weighted by Gasteiger charge is -2.31. The minimum atomic E-state index is -0.752. The Hall–Kier alpha value is -2.80. The molecule has 2 aromatic carbocycles. The fourth-order valence-corrected chi connectivity index (χ4v) is 3.20. The van der Waals surface area contributed by atoms with Gasteiger partial charge in [0.1, 0.15) is 35.8 Å². The van der Waals surface area contributed by atoms with Crippen LogP contribution in [0.5, 0.6) is 11.5 Å². The first kappa shape index (κ1) is 24.5. The molecule has 31 heavy (non-hydrogen) atoms. The number of nitrogens with zero attached hydrogens (tertiary/aromatic N) is 1. The number of hydrogen-bond donors (Lipinski definition) is 0. The maximum absolute atomic E-state index is 14.2. The topological polar surface area (TPSA) is 65.1 Å². The molecule has 1 atom stereocenters. The molecule has 0 radical (unpaired) electrons. The second-order valence-electron chi connectivity index (χ2n) is 7.89. The summed E-state index contributed by atoms with van der Waals surface area (Å²) in [4.78, 5) is 25.1. The molecule has 0 bridgehead atoms. The van der Waals surface area contributed by atoms with Crippen LogP contribution in [0.3, 0.4) is 0 Å². The van der Waals surface area contributed by atoms with Gasteiger partial charge in [0.05, 0.1) is 24.7 Å². The van der Waals surface area contributed by atoms with Gasteiger partial charge in [0.15, 0.2) is 0 Å². The van der Waals surface area contributed by atoms with E-state index in [1.165, 1.54) is 17.0 Å². The van der Waals surface area contributed by atoms with E-state index in [0.717, 1.165) is 0 Å². The molecule has 0 aliphatic rings. The van der Waals surface area contributed by atoms with E-state index < -0.39 is 23.6 Å². The van der Waals surface area contributed by atoms with Crippen LogP contribution in [0.15, 0.2) is 36.4 Å². The lowest BCUT2D eigenvalue weighted by molar-refractivity contribution is -0.109. The molecule has 2 aromatic rings. The van der Waals surface area contributed by atoms with E-state index in [4.69, 9.17) is 25.8 Å². The Kier molecular flexibility index (Phi) is 8.28. The highest BCUT2D eigenvalue weighted by molar-refractivity contribution is 6.31. The number of benzene rings is 2. The van der Waals surface area contributed by atoms with Gasteiger partial charge in [0.2, 0.25) is 0 Å². The summed E-state index contributed by atoms with van der Waals surface area (Å²) in [7, 11) is 1.57. The van der Waals surface area contributed by atoms with E-state index in [2.05, 4.69) is 0 Å². The van der Waals surface area contributed by atoms with Crippen LogP contribution in [-0.2, 0) is 16.1 Å². The van der Waals surface area contributed by atoms with Gasteiger partial charge in [-0.05, 0) is 69.7 Å². The summed E-state index contributed by atoms with van der Waals surface area (Å²) in [5, 5.41) is 0.158. The predicted octanol–water partition coefficient (Wildman–Crippen LogP) is 5.56. The summed E-state index contributed by atoms with van der Waals surface area (Å²) in [5.74, 6) is 0.690. The van der Waals surface area contributed by atoms with E-state index >= 15 is 0 Å². The number of rotatable bonds is 8. The van der Waals surface area contributed by atoms with Crippen molar-refractivity contribution < 1.29 is 28.2 Å². The van der Waals surface area contributed by atoms with Gasteiger partial charge in [-0.2, -0.15) is 0 Å². The maximum Gasteiger partial charge on any atom is 0.411 e. The van der Waals surface area contributed by atoms with Crippen molar-refractivity contribution in [2.75, 3.05) is 13.7 Å². The first-order valence-corrected chi connectivity index (χ1v) is 10.1. The molecule has 6 nitrogen and oxygen atoms in total. The zero-order chi connectivity index (χ0) is 23.2. The van der Waals surface area contributed by atoms with Gasteiger partial charge in [0, 0.05) is 5.56 Å². The molecule has 0 saturated heterocycles. The SMILES string of the molecule is COc1ccc(OCc2c(Cl)cc(F)cc2[C@H](C)N(CC=O)C(=O)OC(C)(C)C)cc1. The summed E-state index contributed by atoms with van der Waals surface area (Å²) in [5.41, 5.74) is 0.176. The number of aldehydes is 1. The molecule has 2 rings (SSSR count). The lowest BCUT2D eigenvalue weighted by Crippen LogP contribution is -2.39. The van der Waals surface area contributed by atoms with E-state index in [0.29, 0.717) is 28.9 Å². The molecule has 0 heterocycles. The van der Waals surface area contributed by atoms with E-state index in [1.807, 2.05) is 0 Å². The minimum absolute atomic E-state index is 0.0361. The molecule has 0 N–H and O–H groups in total. The number of hydrogen-bond acceptors (Lipinski definition) is 5. The minimum Gasteiger partial charge on any atom is -0.497 e. The Morgan fingerprint density at radius 3 is 2.35 bits per heavy atom. The second-order valence-corrected chi connectivity index (χ2v) is 8.30. The van der Waals surface area contributed by atoms with Crippen molar-refractivity contribution in [3.05, 3.63) is 58.4 Å². The Morgan fingerprint density at radius 2 is 1.81 bits per heavy atom. The third-order valence-corrected chi connectivity index (χ3v) is 4.79. The monoisotopic (exact) mass is 451 g/mol. The van der Waals surface area contributed by atoms with Crippen molar-refractivity contribution in [3.8, 4) is 11.5 Å². The van der Waals surface area contributed by atoms with Crippen molar-refractivity contribution in [1.82, 2.24) is 4.90 Å². The molecule has 0 aliphatic heterocycles. The molecular formula is C23H27ClFNO5. The van der Waals surface area contributed by atoms with Gasteiger partial charge in [-0.3, -0.25) is 4.90 Å². The van der Waals surface area contributed by atoms with Gasteiger partial charge in [0.25, 0.3) is 0 Å². The Bertz CT molecular complexity index is 911. The average molecular weight is 452 g/mol. The van der Waals surface area contributed by atoms with Gasteiger partial charge in [-0.1, -0.05) is 11.6 Å². The normalized spacial score (nSPS) is 12.1. The summed E-state index contributed by atoms with van der Waals surface area (Å²) in [6.45, 7) is 6.66. The Morgan fingerprint density at radius 1 is 1.19 bits per heavy atom. The number of carbonyl (C=O) groups is 2. The average Bonchev–Trinajstić information content (AvgIpc) is 2.69. The highest BCUT2D eigenvalue weighted by atomic mass is 35.5. The number of amides is 1. The van der Waals surface area contributed by atoms with Crippen LogP contribution in [0.2, 0.25) is 5.02 Å². The molecule has 0 aromatic heterocycles. The van der Waals surface area contributed by atoms with Gasteiger partial charge in [-0.25, -0.2) is 9.18 Å². The van der Waals surface area contributed by atoms with Crippen molar-refractivity contribution >= 4 is 24.0 Å². The first-order chi connectivity index (χ1) is 14.6. The predicted molar refractivity (Wildman–Crippen MR) is 116 cm³/mol. The molecule has 8 heteroatoms. The highest BCUT2D eigenvalue weighted by Gasteiger charge is 2.29. The summed E-state index contributed by atoms with van der Waals surface area (Å²) in [6.07, 6.45) is -0.0935. The zero-order valence-electron chi connectivity index (χ0n) is 18.3. The number of carbonyl (C=O) groups excluding carboxylic acids is 2. The molecule has 168 valence electrons. The fraction of sp³-hybridized carbons (Fsp3) is 0.391. The van der Waals surface area contributed by atoms with Crippen molar-refractivity contribution in [2.45, 2.75) is 45.9 Å². The Balaban J connectivity index is 2.34. The highest BCUT2D eigenvalue weighted by Crippen LogP contribution is 2.32. The molecular weight excluding hydrogens is 425 g/mol. The maximum atomic E-state index is 14.2. The fourth-order valence-electron chi connectivity index (χ4n) is 2.94. The van der Waals surface area contributed by atoms with Gasteiger partial charge < -0.3 is 19.0 Å². The van der Waals surface area contributed by atoms with Crippen LogP contribution in [0.1, 0.15) is 44.9 Å². The largest absolute Gasteiger partial charge is 0.497 e. The van der Waals surface area contributed by atoms with Crippen molar-refractivity contribution in [2.24, 2.45) is 0 Å². The molecule has 0 saturated carbocycles. The van der Waals surface area contributed by atoms with Crippen LogP contribution in [-0.4, -0.2) is 36.5 Å². The smallest absolute Gasteiger partial charge is 0.411 e. The lowest BCUT2D eigenvalue weighted by atomic mass is 10.00. The Labute approximate surface area is 186 Å². The molecule has 0 unspecified atom stereocenters. The first-order valence-electron chi connectivity index (χ1n) is 9.73. The van der Waals surface area contributed by atoms with Crippen LogP contribution in [0, 0.1) is 5.82 Å². The van der Waals surface area contributed by atoms with Crippen molar-refractivity contribution in [3.63, 3.8) is 0 Å². The third-order valence-electron chi connectivity index (χ3n) is 4.45. The zero-order valence-corrected chi connectivity index (χ0v) is 19.0. The summed E-state index contributed by atoms with van der Waals surface area (Å²) < 4.78 is 30.5. The molecule has 1 amide bonds. The summed E-state index contributed by atoms with van der Waals surface area (Å²) in [6, 6.07) is 8.74. The number of halogens is 2. The van der Waals surface area contributed by atoms with E-state index in [1.54, 1.807) is 59.1 Å². The van der Waals surface area contributed by atoms with Crippen LogP contribution < -0.4 is 9.47 Å². The van der Waals surface area contributed by atoms with E-state index in [9.17, 15) is 14.0 Å².